The van der Waals surface area contributed by atoms with Gasteiger partial charge in [-0.3, -0.25) is 0 Å². The van der Waals surface area contributed by atoms with E-state index >= 15 is 0 Å². The van der Waals surface area contributed by atoms with Crippen LogP contribution in [0.2, 0.25) is 0 Å². The van der Waals surface area contributed by atoms with Gasteiger partial charge in [0.05, 0.1) is 5.60 Å². The molecule has 1 saturated carbocycles. The van der Waals surface area contributed by atoms with Crippen LogP contribution >= 0.6 is 0 Å². The third kappa shape index (κ3) is 2.99. The molecule has 1 aliphatic carbocycles. The van der Waals surface area contributed by atoms with Crippen molar-refractivity contribution in [2.24, 2.45) is 0 Å². The maximum atomic E-state index is 10.2. The van der Waals surface area contributed by atoms with Gasteiger partial charge < -0.3 is 15.1 Å². The second-order valence-electron chi connectivity index (χ2n) is 5.57. The molecule has 0 bridgehead atoms. The number of aromatic hydroxyl groups is 1. The molecule has 0 aromatic heterocycles. The molecule has 3 nitrogen and oxygen atoms in total. The minimum absolute atomic E-state index is 0.352. The van der Waals surface area contributed by atoms with Crippen molar-refractivity contribution >= 4 is 0 Å². The van der Waals surface area contributed by atoms with E-state index in [0.717, 1.165) is 36.1 Å². The lowest BCUT2D eigenvalue weighted by Gasteiger charge is -2.16. The van der Waals surface area contributed by atoms with Gasteiger partial charge >= 0.3 is 0 Å². The molecular formula is C14H21NO2. The van der Waals surface area contributed by atoms with Gasteiger partial charge in [0.2, 0.25) is 0 Å². The summed E-state index contributed by atoms with van der Waals surface area (Å²) < 4.78 is 0. The molecule has 0 heterocycles. The average Bonchev–Trinajstić information content (AvgIpc) is 2.90. The summed E-state index contributed by atoms with van der Waals surface area (Å²) in [6.45, 7) is 2.75. The summed E-state index contributed by atoms with van der Waals surface area (Å²) in [5.74, 6) is 0.352. The number of phenols is 1. The van der Waals surface area contributed by atoms with E-state index in [4.69, 9.17) is 0 Å². The van der Waals surface area contributed by atoms with E-state index in [9.17, 15) is 10.2 Å². The summed E-state index contributed by atoms with van der Waals surface area (Å²) in [5, 5.41) is 20.2. The largest absolute Gasteiger partial charge is 0.507 e. The van der Waals surface area contributed by atoms with Gasteiger partial charge in [-0.1, -0.05) is 17.7 Å². The first kappa shape index (κ1) is 12.4. The van der Waals surface area contributed by atoms with Gasteiger partial charge in [-0.25, -0.2) is 0 Å². The highest BCUT2D eigenvalue weighted by molar-refractivity contribution is 5.44. The molecule has 0 amide bonds. The minimum atomic E-state index is -0.555. The Morgan fingerprint density at radius 3 is 2.35 bits per heavy atom. The van der Waals surface area contributed by atoms with Crippen LogP contribution in [0.4, 0.5) is 0 Å². The van der Waals surface area contributed by atoms with Crippen LogP contribution in [0.5, 0.6) is 5.75 Å². The molecule has 3 heteroatoms. The molecule has 1 aliphatic rings. The third-order valence-electron chi connectivity index (χ3n) is 3.25. The number of hydrogen-bond acceptors (Lipinski definition) is 3. The van der Waals surface area contributed by atoms with Gasteiger partial charge in [0.1, 0.15) is 5.75 Å². The van der Waals surface area contributed by atoms with E-state index in [1.54, 1.807) is 0 Å². The van der Waals surface area contributed by atoms with Crippen molar-refractivity contribution in [2.75, 3.05) is 14.1 Å². The molecule has 2 rings (SSSR count). The monoisotopic (exact) mass is 235 g/mol. The van der Waals surface area contributed by atoms with Crippen molar-refractivity contribution in [1.29, 1.82) is 0 Å². The molecule has 0 spiro atoms. The molecular weight excluding hydrogens is 214 g/mol. The summed E-state index contributed by atoms with van der Waals surface area (Å²) in [5.41, 5.74) is 2.40. The number of aliphatic hydroxyl groups is 1. The van der Waals surface area contributed by atoms with E-state index in [-0.39, 0.29) is 0 Å². The molecule has 1 aromatic carbocycles. The number of nitrogens with zero attached hydrogens (tertiary/aromatic N) is 1. The van der Waals surface area contributed by atoms with Crippen LogP contribution < -0.4 is 0 Å². The SMILES string of the molecule is Cc1cc(CN(C)C)c(O)c(CC2(O)CC2)c1. The molecule has 1 fully saturated rings. The van der Waals surface area contributed by atoms with Crippen LogP contribution in [0.15, 0.2) is 12.1 Å². The number of aryl methyl sites for hydroxylation is 1. The second kappa shape index (κ2) is 4.31. The van der Waals surface area contributed by atoms with Crippen LogP contribution in [0, 0.1) is 6.92 Å². The van der Waals surface area contributed by atoms with E-state index in [1.807, 2.05) is 38.1 Å². The third-order valence-corrected chi connectivity index (χ3v) is 3.25. The van der Waals surface area contributed by atoms with Gasteiger partial charge in [0, 0.05) is 18.5 Å². The Bertz CT molecular complexity index is 422. The van der Waals surface area contributed by atoms with Crippen molar-refractivity contribution in [3.05, 3.63) is 28.8 Å². The Morgan fingerprint density at radius 1 is 1.24 bits per heavy atom. The number of hydrogen-bond donors (Lipinski definition) is 2. The predicted octanol–water partition coefficient (Wildman–Crippen LogP) is 1.83. The Labute approximate surface area is 103 Å². The maximum absolute atomic E-state index is 10.2. The van der Waals surface area contributed by atoms with E-state index in [1.165, 1.54) is 0 Å². The highest BCUT2D eigenvalue weighted by atomic mass is 16.3. The summed E-state index contributed by atoms with van der Waals surface area (Å²) >= 11 is 0. The molecule has 17 heavy (non-hydrogen) atoms. The van der Waals surface area contributed by atoms with Crippen LogP contribution in [0.1, 0.15) is 29.5 Å². The Hall–Kier alpha value is -1.06. The molecule has 2 N–H and O–H groups in total. The lowest BCUT2D eigenvalue weighted by atomic mass is 9.99. The van der Waals surface area contributed by atoms with E-state index in [0.29, 0.717) is 12.2 Å². The first-order valence-corrected chi connectivity index (χ1v) is 6.08. The second-order valence-corrected chi connectivity index (χ2v) is 5.57. The first-order valence-electron chi connectivity index (χ1n) is 6.08. The fourth-order valence-corrected chi connectivity index (χ4v) is 2.21. The lowest BCUT2D eigenvalue weighted by Crippen LogP contribution is -2.14. The molecule has 0 unspecified atom stereocenters. The van der Waals surface area contributed by atoms with Crippen molar-refractivity contribution in [1.82, 2.24) is 4.90 Å². The zero-order valence-corrected chi connectivity index (χ0v) is 10.8. The normalized spacial score (nSPS) is 17.5. The fourth-order valence-electron chi connectivity index (χ4n) is 2.21. The van der Waals surface area contributed by atoms with Gasteiger partial charge in [-0.15, -0.1) is 0 Å². The number of benzene rings is 1. The van der Waals surface area contributed by atoms with Crippen LogP contribution in [0.3, 0.4) is 0 Å². The van der Waals surface area contributed by atoms with Gasteiger partial charge in [-0.2, -0.15) is 0 Å². The highest BCUT2D eigenvalue weighted by Gasteiger charge is 2.40. The van der Waals surface area contributed by atoms with E-state index in [2.05, 4.69) is 0 Å². The Morgan fingerprint density at radius 2 is 1.82 bits per heavy atom. The minimum Gasteiger partial charge on any atom is -0.507 e. The van der Waals surface area contributed by atoms with Crippen molar-refractivity contribution in [3.63, 3.8) is 0 Å². The predicted molar refractivity (Wildman–Crippen MR) is 68.1 cm³/mol. The Balaban J connectivity index is 2.28. The standard InChI is InChI=1S/C14H21NO2/c1-10-6-11(8-14(17)4-5-14)13(16)12(7-10)9-15(2)3/h6-7,16-17H,4-5,8-9H2,1-3H3. The first-order chi connectivity index (χ1) is 7.89. The van der Waals surface area contributed by atoms with Crippen molar-refractivity contribution < 1.29 is 10.2 Å². The highest BCUT2D eigenvalue weighted by Crippen LogP contribution is 2.40. The summed E-state index contributed by atoms with van der Waals surface area (Å²) in [4.78, 5) is 2.03. The topological polar surface area (TPSA) is 43.7 Å². The van der Waals surface area contributed by atoms with Crippen LogP contribution in [0.25, 0.3) is 0 Å². The van der Waals surface area contributed by atoms with E-state index < -0.39 is 5.60 Å². The number of rotatable bonds is 4. The van der Waals surface area contributed by atoms with Gasteiger partial charge in [0.15, 0.2) is 0 Å². The lowest BCUT2D eigenvalue weighted by molar-refractivity contribution is 0.150. The Kier molecular flexibility index (Phi) is 3.15. The zero-order valence-electron chi connectivity index (χ0n) is 10.8. The van der Waals surface area contributed by atoms with Crippen LogP contribution in [-0.2, 0) is 13.0 Å². The van der Waals surface area contributed by atoms with Crippen LogP contribution in [-0.4, -0.2) is 34.8 Å². The smallest absolute Gasteiger partial charge is 0.123 e. The molecule has 0 saturated heterocycles. The van der Waals surface area contributed by atoms with Crippen molar-refractivity contribution in [3.8, 4) is 5.75 Å². The summed E-state index contributed by atoms with van der Waals surface area (Å²) in [7, 11) is 3.96. The summed E-state index contributed by atoms with van der Waals surface area (Å²) in [6.07, 6.45) is 2.27. The average molecular weight is 235 g/mol. The van der Waals surface area contributed by atoms with Crippen molar-refractivity contribution in [2.45, 2.75) is 38.3 Å². The molecule has 1 aromatic rings. The molecule has 0 aliphatic heterocycles. The molecule has 0 atom stereocenters. The quantitative estimate of drug-likeness (QED) is 0.836. The van der Waals surface area contributed by atoms with Gasteiger partial charge in [-0.05, 0) is 39.4 Å². The van der Waals surface area contributed by atoms with Gasteiger partial charge in [0.25, 0.3) is 0 Å². The number of phenolic OH excluding ortho intramolecular Hbond substituents is 1. The zero-order chi connectivity index (χ0) is 12.6. The fraction of sp³-hybridized carbons (Fsp3) is 0.571. The maximum Gasteiger partial charge on any atom is 0.123 e. The molecule has 0 radical (unpaired) electrons. The summed E-state index contributed by atoms with van der Waals surface area (Å²) in [6, 6.07) is 3.99. The molecule has 94 valence electrons.